The minimum absolute atomic E-state index is 0.299. The van der Waals surface area contributed by atoms with Gasteiger partial charge in [0.05, 0.1) is 18.1 Å². The van der Waals surface area contributed by atoms with Crippen LogP contribution in [0.25, 0.3) is 11.6 Å². The number of aliphatic hydroxyl groups excluding tert-OH is 2. The van der Waals surface area contributed by atoms with Crippen molar-refractivity contribution in [3.05, 3.63) is 95.7 Å². The molecule has 162 valence electrons. The summed E-state index contributed by atoms with van der Waals surface area (Å²) in [5.41, 5.74) is 4.35. The number of aromatic nitrogens is 1. The predicted octanol–water partition coefficient (Wildman–Crippen LogP) is 5.21. The van der Waals surface area contributed by atoms with Crippen LogP contribution in [0.2, 0.25) is 0 Å². The summed E-state index contributed by atoms with van der Waals surface area (Å²) in [5, 5.41) is 31.4. The first-order valence-electron chi connectivity index (χ1n) is 10.3. The smallest absolute Gasteiger partial charge is 0.132 e. The fourth-order valence-corrected chi connectivity index (χ4v) is 3.74. The largest absolute Gasteiger partial charge is 0.507 e. The van der Waals surface area contributed by atoms with E-state index in [2.05, 4.69) is 11.6 Å². The van der Waals surface area contributed by atoms with E-state index < -0.39 is 18.1 Å². The van der Waals surface area contributed by atoms with Crippen LogP contribution in [0, 0.1) is 19.8 Å². The zero-order chi connectivity index (χ0) is 22.4. The van der Waals surface area contributed by atoms with Crippen LogP contribution in [0.5, 0.6) is 5.75 Å². The van der Waals surface area contributed by atoms with E-state index >= 15 is 0 Å². The molecule has 0 spiro atoms. The Labute approximate surface area is 183 Å². The first kappa shape index (κ1) is 22.5. The number of hydrogen-bond acceptors (Lipinski definition) is 5. The molecule has 0 aliphatic rings. The number of aryl methyl sites for hydroxylation is 2. The molecule has 3 N–H and O–H groups in total. The van der Waals surface area contributed by atoms with E-state index in [0.717, 1.165) is 28.0 Å². The highest BCUT2D eigenvalue weighted by molar-refractivity contribution is 5.80. The molecule has 3 aromatic rings. The van der Waals surface area contributed by atoms with E-state index in [1.54, 1.807) is 24.4 Å². The van der Waals surface area contributed by atoms with Crippen molar-refractivity contribution in [2.24, 2.45) is 5.92 Å². The summed E-state index contributed by atoms with van der Waals surface area (Å²) < 4.78 is 5.28. The summed E-state index contributed by atoms with van der Waals surface area (Å²) >= 11 is 0. The second kappa shape index (κ2) is 10.2. The molecule has 0 amide bonds. The van der Waals surface area contributed by atoms with Crippen LogP contribution >= 0.6 is 0 Å². The Morgan fingerprint density at radius 3 is 2.45 bits per heavy atom. The number of allylic oxidation sites excluding steroid dienone is 1. The number of aliphatic hydroxyl groups is 2. The Balaban J connectivity index is 1.83. The summed E-state index contributed by atoms with van der Waals surface area (Å²) in [5.74, 6) is 0.140. The maximum absolute atomic E-state index is 10.8. The van der Waals surface area contributed by atoms with Gasteiger partial charge in [-0.25, -0.2) is 0 Å². The quantitative estimate of drug-likeness (QED) is 0.414. The van der Waals surface area contributed by atoms with Crippen molar-refractivity contribution in [1.29, 1.82) is 0 Å². The Morgan fingerprint density at radius 1 is 1.13 bits per heavy atom. The van der Waals surface area contributed by atoms with E-state index in [-0.39, 0.29) is 0 Å². The number of nitrogens with zero attached hydrogens (tertiary/aromatic N) is 1. The van der Waals surface area contributed by atoms with Crippen LogP contribution in [-0.2, 0) is 0 Å². The Morgan fingerprint density at radius 2 is 1.87 bits per heavy atom. The van der Waals surface area contributed by atoms with E-state index in [1.165, 1.54) is 6.26 Å². The maximum Gasteiger partial charge on any atom is 0.132 e. The summed E-state index contributed by atoms with van der Waals surface area (Å²) in [6.07, 6.45) is 6.00. The van der Waals surface area contributed by atoms with Gasteiger partial charge in [0, 0.05) is 12.1 Å². The number of furan rings is 1. The van der Waals surface area contributed by atoms with Crippen molar-refractivity contribution in [2.75, 3.05) is 0 Å². The highest BCUT2D eigenvalue weighted by atomic mass is 16.4. The van der Waals surface area contributed by atoms with Crippen LogP contribution in [-0.4, -0.2) is 26.4 Å². The second-order valence-corrected chi connectivity index (χ2v) is 7.77. The van der Waals surface area contributed by atoms with Crippen LogP contribution in [0.4, 0.5) is 0 Å². The highest BCUT2D eigenvalue weighted by Gasteiger charge is 2.27. The van der Waals surface area contributed by atoms with Crippen molar-refractivity contribution in [1.82, 2.24) is 4.98 Å². The van der Waals surface area contributed by atoms with Crippen molar-refractivity contribution in [3.8, 4) is 5.75 Å². The molecule has 2 aromatic heterocycles. The van der Waals surface area contributed by atoms with Gasteiger partial charge in [0.2, 0.25) is 0 Å². The monoisotopic (exact) mass is 419 g/mol. The number of aromatic hydroxyl groups is 1. The van der Waals surface area contributed by atoms with Gasteiger partial charge in [0.1, 0.15) is 17.6 Å². The van der Waals surface area contributed by atoms with Crippen molar-refractivity contribution < 1.29 is 19.7 Å². The van der Waals surface area contributed by atoms with Gasteiger partial charge in [-0.1, -0.05) is 12.1 Å². The lowest BCUT2D eigenvalue weighted by atomic mass is 9.89. The summed E-state index contributed by atoms with van der Waals surface area (Å²) in [6, 6.07) is 13.0. The minimum Gasteiger partial charge on any atom is -0.507 e. The molecule has 5 heteroatoms. The van der Waals surface area contributed by atoms with Gasteiger partial charge in [0.15, 0.2) is 0 Å². The fraction of sp³-hybridized carbons (Fsp3) is 0.269. The number of benzene rings is 1. The third kappa shape index (κ3) is 5.51. The normalized spacial score (nSPS) is 14.8. The summed E-state index contributed by atoms with van der Waals surface area (Å²) in [6.45, 7) is 7.52. The summed E-state index contributed by atoms with van der Waals surface area (Å²) in [4.78, 5) is 4.47. The highest BCUT2D eigenvalue weighted by Crippen LogP contribution is 2.31. The average molecular weight is 420 g/mol. The third-order valence-corrected chi connectivity index (χ3v) is 5.47. The number of phenols is 1. The van der Waals surface area contributed by atoms with Crippen molar-refractivity contribution in [2.45, 2.75) is 38.9 Å². The molecule has 0 bridgehead atoms. The zero-order valence-corrected chi connectivity index (χ0v) is 17.9. The molecule has 0 radical (unpaired) electrons. The molecule has 1 aromatic carbocycles. The van der Waals surface area contributed by atoms with Crippen LogP contribution < -0.4 is 0 Å². The van der Waals surface area contributed by atoms with Crippen molar-refractivity contribution >= 4 is 11.6 Å². The topological polar surface area (TPSA) is 86.7 Å². The minimum atomic E-state index is -0.966. The molecule has 3 atom stereocenters. The van der Waals surface area contributed by atoms with Crippen LogP contribution in [0.1, 0.15) is 47.1 Å². The molecule has 0 aliphatic carbocycles. The lowest BCUT2D eigenvalue weighted by molar-refractivity contribution is 0.0214. The molecule has 0 saturated carbocycles. The number of pyridine rings is 1. The number of hydrogen-bond donors (Lipinski definition) is 3. The molecule has 0 aliphatic heterocycles. The Kier molecular flexibility index (Phi) is 7.45. The Bertz CT molecular complexity index is 1000. The Hall–Kier alpha value is -3.15. The fourth-order valence-electron chi connectivity index (χ4n) is 3.74. The van der Waals surface area contributed by atoms with Gasteiger partial charge in [-0.2, -0.15) is 0 Å². The molecule has 31 heavy (non-hydrogen) atoms. The first-order valence-corrected chi connectivity index (χ1v) is 10.3. The SMILES string of the molecule is C=C[C@H]([C@H](O)CC/C(=C/c1cc(C)c(O)c(C)c1)c1ccccn1)[C@H](O)c1ccco1. The van der Waals surface area contributed by atoms with Gasteiger partial charge < -0.3 is 19.7 Å². The molecule has 3 rings (SSSR count). The van der Waals surface area contributed by atoms with E-state index in [1.807, 2.05) is 50.3 Å². The van der Waals surface area contributed by atoms with Gasteiger partial charge in [0.25, 0.3) is 0 Å². The van der Waals surface area contributed by atoms with Crippen LogP contribution in [0.3, 0.4) is 0 Å². The first-order chi connectivity index (χ1) is 14.9. The molecular weight excluding hydrogens is 390 g/mol. The van der Waals surface area contributed by atoms with E-state index in [0.29, 0.717) is 24.4 Å². The molecule has 0 fully saturated rings. The molecule has 0 unspecified atom stereocenters. The van der Waals surface area contributed by atoms with Crippen LogP contribution in [0.15, 0.2) is 72.0 Å². The third-order valence-electron chi connectivity index (χ3n) is 5.47. The second-order valence-electron chi connectivity index (χ2n) is 7.77. The molecular formula is C26H29NO4. The van der Waals surface area contributed by atoms with Gasteiger partial charge in [-0.05, 0) is 91.4 Å². The lowest BCUT2D eigenvalue weighted by Crippen LogP contribution is -2.25. The van der Waals surface area contributed by atoms with Gasteiger partial charge in [-0.3, -0.25) is 4.98 Å². The maximum atomic E-state index is 10.8. The summed E-state index contributed by atoms with van der Waals surface area (Å²) in [7, 11) is 0. The average Bonchev–Trinajstić information content (AvgIpc) is 3.31. The van der Waals surface area contributed by atoms with Gasteiger partial charge in [-0.15, -0.1) is 6.58 Å². The standard InChI is InChI=1S/C26H29NO4/c1-4-21(26(30)24-9-7-13-31-24)23(28)11-10-20(22-8-5-6-12-27-22)16-19-14-17(2)25(29)18(3)15-19/h4-9,12-16,21,23,26,28-30H,1,10-11H2,2-3H3/b20-16-/t21-,23-,26+/m1/s1. The molecule has 0 saturated heterocycles. The zero-order valence-electron chi connectivity index (χ0n) is 17.9. The van der Waals surface area contributed by atoms with Crippen molar-refractivity contribution in [3.63, 3.8) is 0 Å². The van der Waals surface area contributed by atoms with Gasteiger partial charge >= 0.3 is 0 Å². The molecule has 5 nitrogen and oxygen atoms in total. The predicted molar refractivity (Wildman–Crippen MR) is 122 cm³/mol. The lowest BCUT2D eigenvalue weighted by Gasteiger charge is -2.24. The van der Waals surface area contributed by atoms with E-state index in [4.69, 9.17) is 4.42 Å². The molecule has 2 heterocycles. The number of rotatable bonds is 9. The van der Waals surface area contributed by atoms with E-state index in [9.17, 15) is 15.3 Å². The number of phenolic OH excluding ortho intramolecular Hbond substituents is 1.